The van der Waals surface area contributed by atoms with E-state index in [1.807, 2.05) is 12.1 Å². The van der Waals surface area contributed by atoms with Gasteiger partial charge in [-0.2, -0.15) is 5.10 Å². The molecule has 0 unspecified atom stereocenters. The number of rotatable bonds is 5. The van der Waals surface area contributed by atoms with Crippen molar-refractivity contribution in [2.75, 3.05) is 23.8 Å². The van der Waals surface area contributed by atoms with Crippen molar-refractivity contribution in [3.63, 3.8) is 0 Å². The number of nitrogens with one attached hydrogen (secondary N) is 3. The second kappa shape index (κ2) is 8.38. The Bertz CT molecular complexity index is 1300. The molecule has 5 rings (SSSR count). The van der Waals surface area contributed by atoms with Gasteiger partial charge in [0.1, 0.15) is 13.2 Å². The fraction of sp³-hybridized carbons (Fsp3) is 0.130. The minimum Gasteiger partial charge on any atom is -0.486 e. The van der Waals surface area contributed by atoms with E-state index in [9.17, 15) is 9.59 Å². The van der Waals surface area contributed by atoms with Crippen LogP contribution < -0.4 is 20.1 Å². The zero-order chi connectivity index (χ0) is 21.9. The van der Waals surface area contributed by atoms with E-state index in [-0.39, 0.29) is 18.2 Å². The Morgan fingerprint density at radius 2 is 1.88 bits per heavy atom. The second-order valence-corrected chi connectivity index (χ2v) is 7.23. The fourth-order valence-electron chi connectivity index (χ4n) is 3.45. The normalized spacial score (nSPS) is 12.4. The molecule has 0 saturated heterocycles. The number of carbonyl (C=O) groups excluding carboxylic acids is 2. The molecular formula is C23H19N5O4. The number of pyridine rings is 1. The lowest BCUT2D eigenvalue weighted by molar-refractivity contribution is -0.115. The van der Waals surface area contributed by atoms with Crippen LogP contribution in [0.2, 0.25) is 0 Å². The molecule has 0 atom stereocenters. The highest BCUT2D eigenvalue weighted by molar-refractivity contribution is 6.06. The lowest BCUT2D eigenvalue weighted by atomic mass is 10.1. The molecule has 0 fully saturated rings. The quantitative estimate of drug-likeness (QED) is 0.449. The number of aromatic nitrogens is 3. The molecule has 9 nitrogen and oxygen atoms in total. The minimum absolute atomic E-state index is 0.155. The zero-order valence-electron chi connectivity index (χ0n) is 16.9. The van der Waals surface area contributed by atoms with Crippen molar-refractivity contribution in [1.29, 1.82) is 0 Å². The van der Waals surface area contributed by atoms with Crippen LogP contribution in [0, 0.1) is 0 Å². The zero-order valence-corrected chi connectivity index (χ0v) is 16.9. The number of hydrogen-bond donors (Lipinski definition) is 3. The van der Waals surface area contributed by atoms with E-state index in [1.165, 1.54) is 6.20 Å². The van der Waals surface area contributed by atoms with Crippen LogP contribution in [0.1, 0.15) is 15.9 Å². The highest BCUT2D eigenvalue weighted by atomic mass is 16.6. The van der Waals surface area contributed by atoms with Gasteiger partial charge in [0.05, 0.1) is 17.5 Å². The summed E-state index contributed by atoms with van der Waals surface area (Å²) in [5, 5.41) is 13.4. The van der Waals surface area contributed by atoms with E-state index in [2.05, 4.69) is 25.8 Å². The molecule has 1 aliphatic rings. The third-order valence-corrected chi connectivity index (χ3v) is 4.97. The second-order valence-electron chi connectivity index (χ2n) is 7.23. The summed E-state index contributed by atoms with van der Waals surface area (Å²) >= 11 is 0. The van der Waals surface area contributed by atoms with Crippen molar-refractivity contribution < 1.29 is 19.1 Å². The van der Waals surface area contributed by atoms with Crippen LogP contribution in [0.15, 0.2) is 60.9 Å². The lowest BCUT2D eigenvalue weighted by Crippen LogP contribution is -2.17. The molecule has 0 aliphatic carbocycles. The molecule has 0 bridgehead atoms. The molecule has 0 radical (unpaired) electrons. The van der Waals surface area contributed by atoms with Crippen LogP contribution >= 0.6 is 0 Å². The molecule has 1 aliphatic heterocycles. The minimum atomic E-state index is -0.273. The van der Waals surface area contributed by atoms with Crippen molar-refractivity contribution in [1.82, 2.24) is 15.2 Å². The highest BCUT2D eigenvalue weighted by Crippen LogP contribution is 2.31. The summed E-state index contributed by atoms with van der Waals surface area (Å²) in [6.45, 7) is 1.01. The molecule has 2 aromatic heterocycles. The number of amides is 2. The lowest BCUT2D eigenvalue weighted by Gasteiger charge is -2.18. The molecule has 0 saturated carbocycles. The molecule has 3 heterocycles. The number of anilines is 2. The first-order valence-electron chi connectivity index (χ1n) is 10.0. The van der Waals surface area contributed by atoms with Gasteiger partial charge >= 0.3 is 0 Å². The predicted molar refractivity (Wildman–Crippen MR) is 118 cm³/mol. The summed E-state index contributed by atoms with van der Waals surface area (Å²) in [6, 6.07) is 14.1. The number of fused-ring (bicyclic) bond motifs is 2. The van der Waals surface area contributed by atoms with Crippen molar-refractivity contribution in [2.45, 2.75) is 6.42 Å². The largest absolute Gasteiger partial charge is 0.486 e. The number of nitrogens with zero attached hydrogens (tertiary/aromatic N) is 2. The Morgan fingerprint density at radius 1 is 1.00 bits per heavy atom. The Labute approximate surface area is 182 Å². The van der Waals surface area contributed by atoms with Gasteiger partial charge in [0, 0.05) is 23.5 Å². The summed E-state index contributed by atoms with van der Waals surface area (Å²) in [5.41, 5.74) is 2.57. The molecule has 2 aromatic carbocycles. The van der Waals surface area contributed by atoms with Crippen molar-refractivity contribution in [3.8, 4) is 11.5 Å². The van der Waals surface area contributed by atoms with Crippen LogP contribution in [0.25, 0.3) is 10.9 Å². The molecule has 3 N–H and O–H groups in total. The molecule has 4 aromatic rings. The fourth-order valence-corrected chi connectivity index (χ4v) is 3.45. The summed E-state index contributed by atoms with van der Waals surface area (Å²) in [5.74, 6) is 1.21. The van der Waals surface area contributed by atoms with Crippen molar-refractivity contribution >= 4 is 34.2 Å². The first-order valence-corrected chi connectivity index (χ1v) is 10.0. The maximum Gasteiger partial charge on any atom is 0.257 e. The number of aromatic amines is 1. The van der Waals surface area contributed by atoms with E-state index >= 15 is 0 Å². The highest BCUT2D eigenvalue weighted by Gasteiger charge is 2.15. The van der Waals surface area contributed by atoms with Crippen LogP contribution in [0.5, 0.6) is 11.5 Å². The Morgan fingerprint density at radius 3 is 2.72 bits per heavy atom. The number of benzene rings is 2. The van der Waals surface area contributed by atoms with Gasteiger partial charge in [-0.1, -0.05) is 6.07 Å². The Hall–Kier alpha value is -4.40. The van der Waals surface area contributed by atoms with E-state index in [1.54, 1.807) is 42.6 Å². The monoisotopic (exact) mass is 429 g/mol. The molecular weight excluding hydrogens is 410 g/mol. The number of ether oxygens (including phenoxy) is 2. The molecule has 2 amide bonds. The Balaban J connectivity index is 1.30. The van der Waals surface area contributed by atoms with Crippen LogP contribution in [0.3, 0.4) is 0 Å². The topological polar surface area (TPSA) is 118 Å². The molecule has 9 heteroatoms. The van der Waals surface area contributed by atoms with Crippen molar-refractivity contribution in [2.24, 2.45) is 0 Å². The molecule has 160 valence electrons. The van der Waals surface area contributed by atoms with Gasteiger partial charge in [0.2, 0.25) is 5.91 Å². The maximum atomic E-state index is 12.6. The standard InChI is InChI=1S/C23H19N5O4/c29-21(11-14-3-6-19-20(10-14)32-9-8-31-19)26-22-17-12-16(4-5-18(17)27-28-22)25-23(30)15-2-1-7-24-13-15/h1-7,10,12-13H,8-9,11H2,(H,25,30)(H2,26,27,28,29). The third-order valence-electron chi connectivity index (χ3n) is 4.97. The summed E-state index contributed by atoms with van der Waals surface area (Å²) in [7, 11) is 0. The first kappa shape index (κ1) is 19.6. The van der Waals surface area contributed by atoms with Gasteiger partial charge in [0.25, 0.3) is 5.91 Å². The summed E-state index contributed by atoms with van der Waals surface area (Å²) in [6.07, 6.45) is 3.26. The average Bonchev–Trinajstić information content (AvgIpc) is 3.21. The molecule has 32 heavy (non-hydrogen) atoms. The summed E-state index contributed by atoms with van der Waals surface area (Å²) < 4.78 is 11.1. The predicted octanol–water partition coefficient (Wildman–Crippen LogP) is 3.16. The third kappa shape index (κ3) is 4.08. The first-order chi connectivity index (χ1) is 15.7. The number of hydrogen-bond acceptors (Lipinski definition) is 6. The van der Waals surface area contributed by atoms with E-state index in [4.69, 9.17) is 9.47 Å². The smallest absolute Gasteiger partial charge is 0.257 e. The van der Waals surface area contributed by atoms with Crippen LogP contribution in [-0.2, 0) is 11.2 Å². The van der Waals surface area contributed by atoms with E-state index in [0.717, 1.165) is 11.1 Å². The van der Waals surface area contributed by atoms with Gasteiger partial charge in [-0.3, -0.25) is 19.7 Å². The van der Waals surface area contributed by atoms with E-state index in [0.29, 0.717) is 47.2 Å². The average molecular weight is 429 g/mol. The summed E-state index contributed by atoms with van der Waals surface area (Å²) in [4.78, 5) is 29.0. The van der Waals surface area contributed by atoms with Gasteiger partial charge < -0.3 is 20.1 Å². The van der Waals surface area contributed by atoms with Crippen LogP contribution in [0.4, 0.5) is 11.5 Å². The van der Waals surface area contributed by atoms with Crippen molar-refractivity contribution in [3.05, 3.63) is 72.1 Å². The number of carbonyl (C=O) groups is 2. The van der Waals surface area contributed by atoms with E-state index < -0.39 is 0 Å². The molecule has 0 spiro atoms. The van der Waals surface area contributed by atoms with Crippen LogP contribution in [-0.4, -0.2) is 40.2 Å². The van der Waals surface area contributed by atoms with Gasteiger partial charge in [-0.25, -0.2) is 0 Å². The maximum absolute atomic E-state index is 12.6. The Kier molecular flexibility index (Phi) is 5.12. The van der Waals surface area contributed by atoms with Gasteiger partial charge in [0.15, 0.2) is 17.3 Å². The number of H-pyrrole nitrogens is 1. The van der Waals surface area contributed by atoms with Gasteiger partial charge in [-0.15, -0.1) is 0 Å². The van der Waals surface area contributed by atoms with Gasteiger partial charge in [-0.05, 0) is 48.0 Å². The SMILES string of the molecule is O=C(Cc1ccc2c(c1)OCCO2)Nc1n[nH]c2ccc(NC(=O)c3cccnc3)cc12.